The summed E-state index contributed by atoms with van der Waals surface area (Å²) >= 11 is 4.82. The molecule has 0 aliphatic rings. The number of aryl methyl sites for hydroxylation is 1. The van der Waals surface area contributed by atoms with Crippen molar-refractivity contribution >= 4 is 41.3 Å². The van der Waals surface area contributed by atoms with Crippen molar-refractivity contribution in [3.05, 3.63) is 89.6 Å². The van der Waals surface area contributed by atoms with Crippen LogP contribution in [-0.4, -0.2) is 43.8 Å². The Bertz CT molecular complexity index is 1660. The predicted molar refractivity (Wildman–Crippen MR) is 157 cm³/mol. The summed E-state index contributed by atoms with van der Waals surface area (Å²) in [5.41, 5.74) is 7.97. The van der Waals surface area contributed by atoms with Crippen LogP contribution in [0.4, 0.5) is 14.9 Å². The van der Waals surface area contributed by atoms with E-state index in [-0.39, 0.29) is 28.7 Å². The van der Waals surface area contributed by atoms with E-state index in [0.29, 0.717) is 22.6 Å². The van der Waals surface area contributed by atoms with Gasteiger partial charge in [-0.25, -0.2) is 18.9 Å². The van der Waals surface area contributed by atoms with Crippen molar-refractivity contribution in [1.29, 1.82) is 0 Å². The number of amides is 2. The molecule has 2 aromatic heterocycles. The fourth-order valence-electron chi connectivity index (χ4n) is 3.86. The summed E-state index contributed by atoms with van der Waals surface area (Å²) in [6.07, 6.45) is -0.865. The average Bonchev–Trinajstić information content (AvgIpc) is 3.31. The first-order valence-corrected chi connectivity index (χ1v) is 12.8. The number of para-hydroxylation sites is 2. The summed E-state index contributed by atoms with van der Waals surface area (Å²) in [5, 5.41) is 7.05. The third-order valence-corrected chi connectivity index (χ3v) is 5.58. The number of thiocarbonyl (C=S) groups is 1. The molecule has 0 radical (unpaired) electrons. The largest absolute Gasteiger partial charge is 0.453 e. The molecule has 0 fully saturated rings. The molecule has 4 rings (SSSR count). The minimum Gasteiger partial charge on any atom is -0.453 e. The van der Waals surface area contributed by atoms with Crippen LogP contribution < -0.4 is 15.8 Å². The second-order valence-electron chi connectivity index (χ2n) is 9.77. The van der Waals surface area contributed by atoms with Gasteiger partial charge in [-0.2, -0.15) is 10.1 Å². The summed E-state index contributed by atoms with van der Waals surface area (Å²) in [7, 11) is 0. The van der Waals surface area contributed by atoms with E-state index in [1.165, 1.54) is 22.9 Å². The number of hydrogen-bond donors (Lipinski definition) is 2. The van der Waals surface area contributed by atoms with Crippen molar-refractivity contribution in [2.75, 3.05) is 5.32 Å². The number of nitrogens with one attached hydrogen (secondary N) is 1. The monoisotopic (exact) mass is 574 g/mol. The average molecular weight is 575 g/mol. The third kappa shape index (κ3) is 6.97. The van der Waals surface area contributed by atoms with Crippen LogP contribution in [0.25, 0.3) is 16.9 Å². The highest BCUT2D eigenvalue weighted by molar-refractivity contribution is 7.78. The molecule has 12 heteroatoms. The lowest BCUT2D eigenvalue weighted by molar-refractivity contribution is 0.0604. The Labute approximate surface area is 241 Å². The van der Waals surface area contributed by atoms with E-state index in [0.717, 1.165) is 5.55 Å². The number of pyridine rings is 1. The Kier molecular flexibility index (Phi) is 8.53. The topological polar surface area (TPSA) is 134 Å². The first kappa shape index (κ1) is 29.0. The number of aliphatic imine (C=N–C) groups is 1. The zero-order chi connectivity index (χ0) is 29.7. The van der Waals surface area contributed by atoms with Gasteiger partial charge in [0.2, 0.25) is 0 Å². The van der Waals surface area contributed by atoms with E-state index in [1.54, 1.807) is 76.2 Å². The number of nitrogens with zero attached hydrogens (tertiary/aromatic N) is 4. The molecule has 0 bridgehead atoms. The lowest BCUT2D eigenvalue weighted by atomic mass is 10.0. The molecular formula is C29H27FN6O4S. The van der Waals surface area contributed by atoms with Crippen molar-refractivity contribution in [1.82, 2.24) is 14.8 Å². The second kappa shape index (κ2) is 12.0. The fourth-order valence-corrected chi connectivity index (χ4v) is 3.96. The highest BCUT2D eigenvalue weighted by Gasteiger charge is 2.22. The molecule has 0 unspecified atom stereocenters. The Balaban J connectivity index is 1.69. The van der Waals surface area contributed by atoms with E-state index in [2.05, 4.69) is 20.4 Å². The molecule has 210 valence electrons. The first-order valence-electron chi connectivity index (χ1n) is 12.4. The Morgan fingerprint density at radius 3 is 2.51 bits per heavy atom. The van der Waals surface area contributed by atoms with Crippen LogP contribution in [0.1, 0.15) is 42.6 Å². The first-order chi connectivity index (χ1) is 19.5. The van der Waals surface area contributed by atoms with Gasteiger partial charge in [0.1, 0.15) is 28.6 Å². The van der Waals surface area contributed by atoms with Gasteiger partial charge in [0.25, 0.3) is 5.91 Å². The minimum absolute atomic E-state index is 0.0567. The molecule has 0 aliphatic heterocycles. The SMILES string of the molecule is Cc1cc(C(=O)Nc2c(F)cccc2-c2ccccc2OC=S)n(-c2cccc(C(N)=NC(=O)OC(C)(C)C)n2)n1. The fraction of sp³-hybridized carbons (Fsp3) is 0.172. The molecular weight excluding hydrogens is 547 g/mol. The summed E-state index contributed by atoms with van der Waals surface area (Å²) in [6.45, 7) is 6.82. The van der Waals surface area contributed by atoms with E-state index in [9.17, 15) is 9.59 Å². The molecule has 41 heavy (non-hydrogen) atoms. The quantitative estimate of drug-likeness (QED) is 0.165. The summed E-state index contributed by atoms with van der Waals surface area (Å²) in [5.74, 6) is -0.855. The van der Waals surface area contributed by atoms with Crippen LogP contribution in [0.2, 0.25) is 0 Å². The molecule has 0 saturated heterocycles. The highest BCUT2D eigenvalue weighted by Crippen LogP contribution is 2.36. The van der Waals surface area contributed by atoms with Gasteiger partial charge in [0.15, 0.2) is 17.2 Å². The van der Waals surface area contributed by atoms with Gasteiger partial charge in [-0.1, -0.05) is 36.4 Å². The number of anilines is 1. The van der Waals surface area contributed by atoms with Gasteiger partial charge >= 0.3 is 6.09 Å². The number of halogens is 1. The zero-order valence-corrected chi connectivity index (χ0v) is 23.5. The summed E-state index contributed by atoms with van der Waals surface area (Å²) in [6, 6.07) is 17.7. The Morgan fingerprint density at radius 1 is 1.07 bits per heavy atom. The van der Waals surface area contributed by atoms with Crippen LogP contribution in [-0.2, 0) is 4.74 Å². The Hall–Kier alpha value is -4.97. The maximum atomic E-state index is 15.1. The van der Waals surface area contributed by atoms with Gasteiger partial charge in [-0.05, 0) is 70.2 Å². The third-order valence-electron chi connectivity index (χ3n) is 5.49. The standard InChI is InChI=1S/C29H27FN6O4S/c1-17-15-22(36(35-17)24-14-8-12-21(32-24)26(31)34-28(38)40-29(2,3)4)27(37)33-25-19(10-7-11-20(25)30)18-9-5-6-13-23(18)39-16-41/h5-16H,1-4H3,(H,33,37)(H2,31,34,38). The van der Waals surface area contributed by atoms with E-state index >= 15 is 4.39 Å². The molecule has 2 aromatic carbocycles. The van der Waals surface area contributed by atoms with Crippen LogP contribution >= 0.6 is 12.2 Å². The molecule has 0 saturated carbocycles. The number of carbonyl (C=O) groups is 2. The van der Waals surface area contributed by atoms with Crippen molar-refractivity contribution in [2.24, 2.45) is 10.7 Å². The molecule has 0 aliphatic carbocycles. The van der Waals surface area contributed by atoms with Gasteiger partial charge < -0.3 is 20.5 Å². The van der Waals surface area contributed by atoms with Crippen LogP contribution in [0.15, 0.2) is 71.7 Å². The van der Waals surface area contributed by atoms with Crippen LogP contribution in [0.5, 0.6) is 5.75 Å². The van der Waals surface area contributed by atoms with Gasteiger partial charge in [-0.15, -0.1) is 0 Å². The van der Waals surface area contributed by atoms with Gasteiger partial charge in [0, 0.05) is 11.1 Å². The molecule has 4 aromatic rings. The number of ether oxygens (including phenoxy) is 2. The Morgan fingerprint density at radius 2 is 1.78 bits per heavy atom. The molecule has 10 nitrogen and oxygen atoms in total. The molecule has 0 atom stereocenters. The smallest absolute Gasteiger partial charge is 0.436 e. The maximum absolute atomic E-state index is 15.1. The van der Waals surface area contributed by atoms with E-state index in [4.69, 9.17) is 27.4 Å². The highest BCUT2D eigenvalue weighted by atomic mass is 32.1. The number of nitrogens with two attached hydrogens (primary N) is 1. The number of amidine groups is 1. The second-order valence-corrected chi connectivity index (χ2v) is 9.96. The lowest BCUT2D eigenvalue weighted by Gasteiger charge is -2.17. The summed E-state index contributed by atoms with van der Waals surface area (Å²) in [4.78, 5) is 33.8. The number of benzene rings is 2. The van der Waals surface area contributed by atoms with Crippen molar-refractivity contribution in [3.63, 3.8) is 0 Å². The van der Waals surface area contributed by atoms with Crippen molar-refractivity contribution in [2.45, 2.75) is 33.3 Å². The molecule has 2 amide bonds. The van der Waals surface area contributed by atoms with Crippen LogP contribution in [0.3, 0.4) is 0 Å². The zero-order valence-electron chi connectivity index (χ0n) is 22.7. The number of carbonyl (C=O) groups excluding carboxylic acids is 2. The molecule has 3 N–H and O–H groups in total. The van der Waals surface area contributed by atoms with Crippen molar-refractivity contribution in [3.8, 4) is 22.7 Å². The van der Waals surface area contributed by atoms with E-state index < -0.39 is 23.4 Å². The number of hydrogen-bond acceptors (Lipinski definition) is 7. The lowest BCUT2D eigenvalue weighted by Crippen LogP contribution is -2.25. The van der Waals surface area contributed by atoms with Gasteiger partial charge in [0.05, 0.1) is 11.4 Å². The maximum Gasteiger partial charge on any atom is 0.436 e. The number of aromatic nitrogens is 3. The number of rotatable bonds is 7. The summed E-state index contributed by atoms with van der Waals surface area (Å²) < 4.78 is 27.0. The normalized spacial score (nSPS) is 11.6. The van der Waals surface area contributed by atoms with E-state index in [1.807, 2.05) is 0 Å². The minimum atomic E-state index is -0.865. The van der Waals surface area contributed by atoms with Crippen molar-refractivity contribution < 1.29 is 23.5 Å². The predicted octanol–water partition coefficient (Wildman–Crippen LogP) is 5.61. The molecule has 2 heterocycles. The van der Waals surface area contributed by atoms with Gasteiger partial charge in [-0.3, -0.25) is 4.79 Å². The van der Waals surface area contributed by atoms with Crippen LogP contribution in [0, 0.1) is 12.7 Å². The molecule has 0 spiro atoms.